The smallest absolute Gasteiger partial charge is 0.276 e. The zero-order valence-electron chi connectivity index (χ0n) is 11.8. The van der Waals surface area contributed by atoms with E-state index < -0.39 is 0 Å². The van der Waals surface area contributed by atoms with Crippen LogP contribution in [-0.4, -0.2) is 30.5 Å². The number of aromatic nitrogens is 5. The fraction of sp³-hybridized carbons (Fsp3) is 0.143. The number of halogens is 1. The first-order chi connectivity index (χ1) is 10.6. The third-order valence-electron chi connectivity index (χ3n) is 3.07. The van der Waals surface area contributed by atoms with Gasteiger partial charge in [0.05, 0.1) is 6.54 Å². The number of benzene rings is 1. The monoisotopic (exact) mass is 316 g/mol. The van der Waals surface area contributed by atoms with Crippen LogP contribution in [0.25, 0.3) is 0 Å². The molecule has 0 aliphatic heterocycles. The lowest BCUT2D eigenvalue weighted by Crippen LogP contribution is -2.17. The van der Waals surface area contributed by atoms with Crippen molar-refractivity contribution < 1.29 is 4.79 Å². The molecule has 1 aromatic carbocycles. The topological polar surface area (TPSA) is 77.6 Å². The zero-order valence-corrected chi connectivity index (χ0v) is 12.5. The first-order valence-electron chi connectivity index (χ1n) is 6.55. The highest BCUT2D eigenvalue weighted by molar-refractivity contribution is 6.30. The minimum atomic E-state index is -0.302. The molecule has 3 rings (SSSR count). The standard InChI is InChI=1S/C14H13ClN6O/c1-20-12(6-7-17-20)13(22)18-14-16-9-21(19-14)8-10-2-4-11(15)5-3-10/h2-7,9H,8H2,1H3,(H,18,19,22). The van der Waals surface area contributed by atoms with Crippen LogP contribution in [0.4, 0.5) is 5.95 Å². The molecule has 0 atom stereocenters. The molecule has 112 valence electrons. The molecule has 0 bridgehead atoms. The van der Waals surface area contributed by atoms with E-state index in [1.165, 1.54) is 4.68 Å². The minimum absolute atomic E-state index is 0.250. The van der Waals surface area contributed by atoms with Crippen LogP contribution >= 0.6 is 11.6 Å². The first kappa shape index (κ1) is 14.3. The van der Waals surface area contributed by atoms with Crippen molar-refractivity contribution in [3.8, 4) is 0 Å². The molecule has 8 heteroatoms. The Balaban J connectivity index is 1.67. The molecule has 2 heterocycles. The second-order valence-electron chi connectivity index (χ2n) is 4.69. The molecule has 0 spiro atoms. The van der Waals surface area contributed by atoms with Gasteiger partial charge in [0.15, 0.2) is 0 Å². The van der Waals surface area contributed by atoms with E-state index in [2.05, 4.69) is 20.5 Å². The van der Waals surface area contributed by atoms with Crippen molar-refractivity contribution >= 4 is 23.5 Å². The highest BCUT2D eigenvalue weighted by Crippen LogP contribution is 2.11. The second-order valence-corrected chi connectivity index (χ2v) is 5.12. The van der Waals surface area contributed by atoms with Gasteiger partial charge in [-0.15, -0.1) is 5.10 Å². The number of carbonyl (C=O) groups excluding carboxylic acids is 1. The molecule has 3 aromatic rings. The molecule has 7 nitrogen and oxygen atoms in total. The van der Waals surface area contributed by atoms with Crippen molar-refractivity contribution in [1.82, 2.24) is 24.5 Å². The van der Waals surface area contributed by atoms with Gasteiger partial charge in [0.2, 0.25) is 5.95 Å². The first-order valence-corrected chi connectivity index (χ1v) is 6.93. The van der Waals surface area contributed by atoms with Crippen LogP contribution in [0.5, 0.6) is 0 Å². The molecular formula is C14H13ClN6O. The predicted octanol–water partition coefficient (Wildman–Crippen LogP) is 1.97. The quantitative estimate of drug-likeness (QED) is 0.798. The van der Waals surface area contributed by atoms with E-state index in [-0.39, 0.29) is 11.9 Å². The summed E-state index contributed by atoms with van der Waals surface area (Å²) in [5.74, 6) is -0.0515. The van der Waals surface area contributed by atoms with Crippen molar-refractivity contribution in [2.24, 2.45) is 7.05 Å². The average molecular weight is 317 g/mol. The number of nitrogens with one attached hydrogen (secondary N) is 1. The lowest BCUT2D eigenvalue weighted by molar-refractivity contribution is 0.101. The van der Waals surface area contributed by atoms with Gasteiger partial charge in [-0.2, -0.15) is 5.10 Å². The molecule has 1 N–H and O–H groups in total. The highest BCUT2D eigenvalue weighted by Gasteiger charge is 2.12. The lowest BCUT2D eigenvalue weighted by Gasteiger charge is -2.02. The van der Waals surface area contributed by atoms with Gasteiger partial charge in [0.1, 0.15) is 12.0 Å². The number of hydrogen-bond donors (Lipinski definition) is 1. The summed E-state index contributed by atoms with van der Waals surface area (Å²) in [5, 5.41) is 11.5. The Labute approximate surface area is 131 Å². The van der Waals surface area contributed by atoms with Gasteiger partial charge < -0.3 is 0 Å². The molecular weight excluding hydrogens is 304 g/mol. The Morgan fingerprint density at radius 2 is 2.05 bits per heavy atom. The normalized spacial score (nSPS) is 10.6. The summed E-state index contributed by atoms with van der Waals surface area (Å²) in [6, 6.07) is 9.09. The van der Waals surface area contributed by atoms with Crippen LogP contribution in [0, 0.1) is 0 Å². The highest BCUT2D eigenvalue weighted by atomic mass is 35.5. The number of amides is 1. The summed E-state index contributed by atoms with van der Waals surface area (Å²) in [4.78, 5) is 16.1. The number of aryl methyl sites for hydroxylation is 1. The minimum Gasteiger partial charge on any atom is -0.288 e. The molecule has 0 saturated heterocycles. The maximum Gasteiger partial charge on any atom is 0.276 e. The Bertz CT molecular complexity index is 792. The molecule has 0 aliphatic rings. The molecule has 22 heavy (non-hydrogen) atoms. The van der Waals surface area contributed by atoms with Crippen LogP contribution in [0.15, 0.2) is 42.9 Å². The summed E-state index contributed by atoms with van der Waals surface area (Å²) in [6.07, 6.45) is 3.12. The van der Waals surface area contributed by atoms with E-state index in [1.807, 2.05) is 24.3 Å². The van der Waals surface area contributed by atoms with Crippen molar-refractivity contribution in [1.29, 1.82) is 0 Å². The lowest BCUT2D eigenvalue weighted by atomic mass is 10.2. The predicted molar refractivity (Wildman–Crippen MR) is 81.7 cm³/mol. The van der Waals surface area contributed by atoms with E-state index in [9.17, 15) is 4.79 Å². The Kier molecular flexibility index (Phi) is 3.88. The van der Waals surface area contributed by atoms with Crippen LogP contribution in [0.3, 0.4) is 0 Å². The largest absolute Gasteiger partial charge is 0.288 e. The van der Waals surface area contributed by atoms with E-state index >= 15 is 0 Å². The van der Waals surface area contributed by atoms with Crippen LogP contribution in [-0.2, 0) is 13.6 Å². The summed E-state index contributed by atoms with van der Waals surface area (Å²) < 4.78 is 3.13. The van der Waals surface area contributed by atoms with E-state index in [0.717, 1.165) is 5.56 Å². The Hall–Kier alpha value is -2.67. The number of hydrogen-bond acceptors (Lipinski definition) is 4. The van der Waals surface area contributed by atoms with Crippen LogP contribution in [0.2, 0.25) is 5.02 Å². The summed E-state index contributed by atoms with van der Waals surface area (Å²) in [5.41, 5.74) is 1.48. The molecule has 0 fully saturated rings. The maximum absolute atomic E-state index is 12.0. The number of anilines is 1. The van der Waals surface area contributed by atoms with Crippen LogP contribution < -0.4 is 5.32 Å². The number of carbonyl (C=O) groups is 1. The molecule has 0 aliphatic carbocycles. The second kappa shape index (κ2) is 5.98. The van der Waals surface area contributed by atoms with Crippen LogP contribution in [0.1, 0.15) is 16.1 Å². The van der Waals surface area contributed by atoms with E-state index in [0.29, 0.717) is 17.3 Å². The van der Waals surface area contributed by atoms with Gasteiger partial charge in [-0.3, -0.25) is 14.8 Å². The third kappa shape index (κ3) is 3.15. The number of nitrogens with zero attached hydrogens (tertiary/aromatic N) is 5. The Morgan fingerprint density at radius 1 is 1.27 bits per heavy atom. The summed E-state index contributed by atoms with van der Waals surface area (Å²) in [7, 11) is 1.70. The number of rotatable bonds is 4. The van der Waals surface area contributed by atoms with Gasteiger partial charge in [0.25, 0.3) is 5.91 Å². The van der Waals surface area contributed by atoms with Crippen molar-refractivity contribution in [2.45, 2.75) is 6.54 Å². The molecule has 1 amide bonds. The van der Waals surface area contributed by atoms with Gasteiger partial charge in [-0.25, -0.2) is 9.67 Å². The third-order valence-corrected chi connectivity index (χ3v) is 3.33. The SMILES string of the molecule is Cn1nccc1C(=O)Nc1ncn(Cc2ccc(Cl)cc2)n1. The van der Waals surface area contributed by atoms with Crippen molar-refractivity contribution in [2.75, 3.05) is 5.32 Å². The molecule has 0 radical (unpaired) electrons. The summed E-state index contributed by atoms with van der Waals surface area (Å²) in [6.45, 7) is 0.547. The van der Waals surface area contributed by atoms with Gasteiger partial charge >= 0.3 is 0 Å². The van der Waals surface area contributed by atoms with Crippen molar-refractivity contribution in [3.05, 3.63) is 59.1 Å². The van der Waals surface area contributed by atoms with Gasteiger partial charge in [-0.05, 0) is 23.8 Å². The zero-order chi connectivity index (χ0) is 15.5. The van der Waals surface area contributed by atoms with Crippen molar-refractivity contribution in [3.63, 3.8) is 0 Å². The fourth-order valence-corrected chi connectivity index (χ4v) is 2.09. The van der Waals surface area contributed by atoms with Gasteiger partial charge in [0, 0.05) is 18.3 Å². The summed E-state index contributed by atoms with van der Waals surface area (Å²) >= 11 is 5.85. The van der Waals surface area contributed by atoms with E-state index in [4.69, 9.17) is 11.6 Å². The molecule has 2 aromatic heterocycles. The van der Waals surface area contributed by atoms with Gasteiger partial charge in [-0.1, -0.05) is 23.7 Å². The average Bonchev–Trinajstić information content (AvgIpc) is 3.10. The molecule has 0 unspecified atom stereocenters. The molecule has 0 saturated carbocycles. The maximum atomic E-state index is 12.0. The fourth-order valence-electron chi connectivity index (χ4n) is 1.97. The van der Waals surface area contributed by atoms with E-state index in [1.54, 1.807) is 30.3 Å². The Morgan fingerprint density at radius 3 is 2.73 bits per heavy atom.